The fraction of sp³-hybridized carbons (Fsp3) is 0.214. The molecular weight excluding hydrogens is 214 g/mol. The number of para-hydroxylation sites is 1. The second-order valence-corrected chi connectivity index (χ2v) is 4.37. The van der Waals surface area contributed by atoms with E-state index in [0.29, 0.717) is 0 Å². The number of carbonyl (C=O) groups is 1. The van der Waals surface area contributed by atoms with Crippen molar-refractivity contribution in [2.75, 3.05) is 0 Å². The summed E-state index contributed by atoms with van der Waals surface area (Å²) in [4.78, 5) is 10.6. The summed E-state index contributed by atoms with van der Waals surface area (Å²) in [7, 11) is 0. The fourth-order valence-corrected chi connectivity index (χ4v) is 2.58. The highest BCUT2D eigenvalue weighted by Crippen LogP contribution is 2.29. The van der Waals surface area contributed by atoms with Gasteiger partial charge in [-0.2, -0.15) is 0 Å². The van der Waals surface area contributed by atoms with E-state index >= 15 is 0 Å². The zero-order valence-electron chi connectivity index (χ0n) is 9.39. The lowest BCUT2D eigenvalue weighted by atomic mass is 10.0. The zero-order valence-corrected chi connectivity index (χ0v) is 9.39. The van der Waals surface area contributed by atoms with Crippen molar-refractivity contribution >= 4 is 22.9 Å². The largest absolute Gasteiger partial charge is 0.478 e. The van der Waals surface area contributed by atoms with E-state index in [0.717, 1.165) is 30.3 Å². The summed E-state index contributed by atoms with van der Waals surface area (Å²) in [6, 6.07) is 6.26. The van der Waals surface area contributed by atoms with Gasteiger partial charge in [-0.3, -0.25) is 0 Å². The van der Waals surface area contributed by atoms with Crippen LogP contribution in [0.2, 0.25) is 0 Å². The molecule has 0 atom stereocenters. The molecule has 86 valence electrons. The van der Waals surface area contributed by atoms with Crippen molar-refractivity contribution in [2.24, 2.45) is 0 Å². The summed E-state index contributed by atoms with van der Waals surface area (Å²) in [5.74, 6) is -0.906. The number of aryl methyl sites for hydroxylation is 2. The van der Waals surface area contributed by atoms with Crippen LogP contribution in [0.1, 0.15) is 17.5 Å². The number of hydrogen-bond donors (Lipinski definition) is 1. The fourth-order valence-electron chi connectivity index (χ4n) is 2.58. The molecule has 2 aromatic rings. The van der Waals surface area contributed by atoms with Gasteiger partial charge in [0.25, 0.3) is 0 Å². The van der Waals surface area contributed by atoms with Crippen LogP contribution in [0.25, 0.3) is 17.0 Å². The molecule has 3 rings (SSSR count). The summed E-state index contributed by atoms with van der Waals surface area (Å²) in [6.07, 6.45) is 7.19. The average molecular weight is 227 g/mol. The van der Waals surface area contributed by atoms with Gasteiger partial charge in [0.1, 0.15) is 0 Å². The third-order valence-corrected chi connectivity index (χ3v) is 3.26. The molecule has 0 saturated carbocycles. The Morgan fingerprint density at radius 3 is 3.12 bits per heavy atom. The minimum absolute atomic E-state index is 0.906. The summed E-state index contributed by atoms with van der Waals surface area (Å²) in [6.45, 7) is 1.02. The standard InChI is InChI=1S/C14H13NO2/c16-13(17)7-6-11-9-15-8-2-4-10-3-1-5-12(11)14(10)15/h1,3,5-7,9H,2,4,8H2,(H,16,17)/b7-6+. The Balaban J connectivity index is 2.22. The SMILES string of the molecule is O=C(O)/C=C/c1cn2c3c(cccc13)CCC2. The van der Waals surface area contributed by atoms with Crippen molar-refractivity contribution in [3.63, 3.8) is 0 Å². The van der Waals surface area contributed by atoms with E-state index in [4.69, 9.17) is 5.11 Å². The van der Waals surface area contributed by atoms with E-state index in [-0.39, 0.29) is 0 Å². The zero-order chi connectivity index (χ0) is 11.8. The Morgan fingerprint density at radius 2 is 2.29 bits per heavy atom. The molecule has 0 amide bonds. The highest BCUT2D eigenvalue weighted by Gasteiger charge is 2.14. The van der Waals surface area contributed by atoms with Crippen LogP contribution in [0.3, 0.4) is 0 Å². The molecule has 0 fully saturated rings. The molecule has 1 N–H and O–H groups in total. The maximum absolute atomic E-state index is 10.6. The van der Waals surface area contributed by atoms with Crippen molar-refractivity contribution in [3.05, 3.63) is 41.6 Å². The molecule has 0 spiro atoms. The molecule has 1 aromatic carbocycles. The first-order chi connectivity index (χ1) is 8.25. The minimum atomic E-state index is -0.906. The molecule has 1 aliphatic heterocycles. The van der Waals surface area contributed by atoms with Gasteiger partial charge in [-0.15, -0.1) is 0 Å². The van der Waals surface area contributed by atoms with Crippen LogP contribution in [-0.4, -0.2) is 15.6 Å². The van der Waals surface area contributed by atoms with Crippen LogP contribution in [0.4, 0.5) is 0 Å². The first-order valence-corrected chi connectivity index (χ1v) is 5.77. The van der Waals surface area contributed by atoms with E-state index in [1.165, 1.54) is 17.2 Å². The van der Waals surface area contributed by atoms with E-state index < -0.39 is 5.97 Å². The van der Waals surface area contributed by atoms with Gasteiger partial charge in [-0.1, -0.05) is 18.2 Å². The summed E-state index contributed by atoms with van der Waals surface area (Å²) >= 11 is 0. The van der Waals surface area contributed by atoms with E-state index in [1.807, 2.05) is 12.3 Å². The number of aromatic nitrogens is 1. The molecule has 3 nitrogen and oxygen atoms in total. The quantitative estimate of drug-likeness (QED) is 0.801. The van der Waals surface area contributed by atoms with E-state index in [2.05, 4.69) is 16.7 Å². The molecule has 1 aliphatic rings. The molecule has 0 saturated heterocycles. The molecule has 0 unspecified atom stereocenters. The second-order valence-electron chi connectivity index (χ2n) is 4.37. The Bertz CT molecular complexity index is 622. The lowest BCUT2D eigenvalue weighted by Crippen LogP contribution is -2.05. The first-order valence-electron chi connectivity index (χ1n) is 5.77. The molecule has 0 radical (unpaired) electrons. The van der Waals surface area contributed by atoms with Crippen LogP contribution in [-0.2, 0) is 17.8 Å². The normalized spacial score (nSPS) is 14.6. The van der Waals surface area contributed by atoms with Gasteiger partial charge in [0, 0.05) is 29.8 Å². The topological polar surface area (TPSA) is 42.2 Å². The second kappa shape index (κ2) is 3.77. The first kappa shape index (κ1) is 10.1. The van der Waals surface area contributed by atoms with Crippen molar-refractivity contribution in [1.82, 2.24) is 4.57 Å². The Labute approximate surface area is 99.0 Å². The average Bonchev–Trinajstić information content (AvgIpc) is 2.68. The van der Waals surface area contributed by atoms with Crippen LogP contribution in [0.15, 0.2) is 30.5 Å². The Kier molecular flexibility index (Phi) is 2.25. The summed E-state index contributed by atoms with van der Waals surface area (Å²) in [5, 5.41) is 9.84. The predicted molar refractivity (Wildman–Crippen MR) is 66.9 cm³/mol. The van der Waals surface area contributed by atoms with E-state index in [9.17, 15) is 4.79 Å². The summed E-state index contributed by atoms with van der Waals surface area (Å²) < 4.78 is 2.23. The van der Waals surface area contributed by atoms with Crippen LogP contribution in [0, 0.1) is 0 Å². The van der Waals surface area contributed by atoms with Gasteiger partial charge in [0.2, 0.25) is 0 Å². The number of carboxylic acids is 1. The van der Waals surface area contributed by atoms with Gasteiger partial charge in [0.15, 0.2) is 0 Å². The van der Waals surface area contributed by atoms with Gasteiger partial charge < -0.3 is 9.67 Å². The molecule has 17 heavy (non-hydrogen) atoms. The molecule has 0 aliphatic carbocycles. The maximum Gasteiger partial charge on any atom is 0.328 e. The third kappa shape index (κ3) is 1.64. The summed E-state index contributed by atoms with van der Waals surface area (Å²) in [5.41, 5.74) is 3.62. The minimum Gasteiger partial charge on any atom is -0.478 e. The van der Waals surface area contributed by atoms with Gasteiger partial charge >= 0.3 is 5.97 Å². The highest BCUT2D eigenvalue weighted by molar-refractivity contribution is 5.95. The van der Waals surface area contributed by atoms with Gasteiger partial charge in [-0.05, 0) is 24.5 Å². The number of benzene rings is 1. The lowest BCUT2D eigenvalue weighted by molar-refractivity contribution is -0.131. The van der Waals surface area contributed by atoms with Gasteiger partial charge in [0.05, 0.1) is 5.52 Å². The highest BCUT2D eigenvalue weighted by atomic mass is 16.4. The molecular formula is C14H13NO2. The molecule has 1 aromatic heterocycles. The molecule has 3 heteroatoms. The molecule has 2 heterocycles. The van der Waals surface area contributed by atoms with E-state index in [1.54, 1.807) is 6.08 Å². The van der Waals surface area contributed by atoms with Crippen molar-refractivity contribution in [2.45, 2.75) is 19.4 Å². The lowest BCUT2D eigenvalue weighted by Gasteiger charge is -2.14. The Morgan fingerprint density at radius 1 is 1.41 bits per heavy atom. The van der Waals surface area contributed by atoms with Crippen molar-refractivity contribution in [1.29, 1.82) is 0 Å². The maximum atomic E-state index is 10.6. The third-order valence-electron chi connectivity index (χ3n) is 3.26. The van der Waals surface area contributed by atoms with Crippen LogP contribution < -0.4 is 0 Å². The van der Waals surface area contributed by atoms with Crippen LogP contribution in [0.5, 0.6) is 0 Å². The number of carboxylic acid groups (broad SMARTS) is 1. The molecule has 0 bridgehead atoms. The monoisotopic (exact) mass is 227 g/mol. The number of nitrogens with zero attached hydrogens (tertiary/aromatic N) is 1. The van der Waals surface area contributed by atoms with Crippen molar-refractivity contribution in [3.8, 4) is 0 Å². The number of hydrogen-bond acceptors (Lipinski definition) is 1. The van der Waals surface area contributed by atoms with Crippen LogP contribution >= 0.6 is 0 Å². The van der Waals surface area contributed by atoms with Gasteiger partial charge in [-0.25, -0.2) is 4.79 Å². The predicted octanol–water partition coefficient (Wildman–Crippen LogP) is 2.69. The van der Waals surface area contributed by atoms with Crippen molar-refractivity contribution < 1.29 is 9.90 Å². The Hall–Kier alpha value is -2.03. The smallest absolute Gasteiger partial charge is 0.328 e. The number of rotatable bonds is 2. The number of aliphatic carboxylic acids is 1.